The van der Waals surface area contributed by atoms with E-state index in [0.717, 1.165) is 56.0 Å². The van der Waals surface area contributed by atoms with Crippen LogP contribution in [0.3, 0.4) is 0 Å². The van der Waals surface area contributed by atoms with Crippen molar-refractivity contribution < 1.29 is 8.94 Å². The Kier molecular flexibility index (Phi) is 4.60. The van der Waals surface area contributed by atoms with Gasteiger partial charge in [0, 0.05) is 31.0 Å². The van der Waals surface area contributed by atoms with Crippen LogP contribution in [-0.4, -0.2) is 51.1 Å². The van der Waals surface area contributed by atoms with Crippen molar-refractivity contribution in [2.45, 2.75) is 64.1 Å². The van der Waals surface area contributed by atoms with Gasteiger partial charge in [0.2, 0.25) is 11.8 Å². The van der Waals surface area contributed by atoms with Crippen LogP contribution in [0.1, 0.15) is 68.3 Å². The molecular weight excluding hydrogens is 318 g/mol. The summed E-state index contributed by atoms with van der Waals surface area (Å²) in [6.07, 6.45) is 5.37. The van der Waals surface area contributed by atoms with Crippen molar-refractivity contribution in [2.24, 2.45) is 0 Å². The number of hydrogen-bond acceptors (Lipinski definition) is 7. The Labute approximate surface area is 148 Å². The van der Waals surface area contributed by atoms with E-state index in [0.29, 0.717) is 17.9 Å². The summed E-state index contributed by atoms with van der Waals surface area (Å²) in [6, 6.07) is 0.504. The van der Waals surface area contributed by atoms with Gasteiger partial charge in [0.25, 0.3) is 0 Å². The fourth-order valence-electron chi connectivity index (χ4n) is 3.35. The summed E-state index contributed by atoms with van der Waals surface area (Å²) in [5.74, 6) is 4.31. The molecule has 0 bridgehead atoms. The van der Waals surface area contributed by atoms with Gasteiger partial charge >= 0.3 is 0 Å². The van der Waals surface area contributed by atoms with Crippen LogP contribution in [0.15, 0.2) is 15.1 Å². The molecule has 25 heavy (non-hydrogen) atoms. The van der Waals surface area contributed by atoms with E-state index in [1.165, 1.54) is 12.8 Å². The third-order valence-corrected chi connectivity index (χ3v) is 5.17. The normalized spacial score (nSPS) is 21.7. The molecule has 7 heteroatoms. The first-order valence-corrected chi connectivity index (χ1v) is 9.28. The fraction of sp³-hybridized carbons (Fsp3) is 0.722. The minimum absolute atomic E-state index is 0.379. The predicted octanol–water partition coefficient (Wildman–Crippen LogP) is 2.76. The molecule has 2 aliphatic rings. The Morgan fingerprint density at radius 1 is 1.32 bits per heavy atom. The Bertz CT molecular complexity index is 706. The highest BCUT2D eigenvalue weighted by Crippen LogP contribution is 2.38. The van der Waals surface area contributed by atoms with Crippen LogP contribution in [0.5, 0.6) is 0 Å². The molecule has 0 N–H and O–H groups in total. The van der Waals surface area contributed by atoms with Crippen LogP contribution in [0.4, 0.5) is 0 Å². The molecule has 0 aromatic carbocycles. The van der Waals surface area contributed by atoms with Crippen molar-refractivity contribution in [3.63, 3.8) is 0 Å². The average Bonchev–Trinajstić information content (AvgIpc) is 3.01. The Morgan fingerprint density at radius 3 is 2.88 bits per heavy atom. The van der Waals surface area contributed by atoms with Crippen molar-refractivity contribution in [3.05, 3.63) is 29.6 Å². The smallest absolute Gasteiger partial charge is 0.229 e. The molecule has 4 rings (SSSR count). The monoisotopic (exact) mass is 345 g/mol. The van der Waals surface area contributed by atoms with E-state index in [2.05, 4.69) is 45.8 Å². The summed E-state index contributed by atoms with van der Waals surface area (Å²) < 4.78 is 11.2. The van der Waals surface area contributed by atoms with Crippen LogP contribution >= 0.6 is 0 Å². The number of likely N-dealkylation sites (N-methyl/N-ethyl adjacent to an activating group) is 1. The zero-order valence-electron chi connectivity index (χ0n) is 15.3. The lowest BCUT2D eigenvalue weighted by atomic mass is 10.2. The first kappa shape index (κ1) is 16.7. The third-order valence-electron chi connectivity index (χ3n) is 5.17. The van der Waals surface area contributed by atoms with E-state index in [-0.39, 0.29) is 0 Å². The van der Waals surface area contributed by atoms with Crippen molar-refractivity contribution >= 4 is 0 Å². The largest absolute Gasteiger partial charge is 0.444 e. The first-order chi connectivity index (χ1) is 12.1. The van der Waals surface area contributed by atoms with E-state index < -0.39 is 0 Å². The van der Waals surface area contributed by atoms with Gasteiger partial charge in [-0.1, -0.05) is 19.0 Å². The Hall–Kier alpha value is -1.73. The second kappa shape index (κ2) is 6.88. The summed E-state index contributed by atoms with van der Waals surface area (Å²) >= 11 is 0. The van der Waals surface area contributed by atoms with E-state index >= 15 is 0 Å². The number of aromatic nitrogens is 3. The second-order valence-electron chi connectivity index (χ2n) is 7.73. The highest BCUT2D eigenvalue weighted by atomic mass is 16.5. The second-order valence-corrected chi connectivity index (χ2v) is 7.73. The molecule has 2 aromatic rings. The highest BCUT2D eigenvalue weighted by Gasteiger charge is 2.31. The molecular formula is C18H27N5O2. The molecule has 1 aliphatic heterocycles. The Morgan fingerprint density at radius 2 is 2.16 bits per heavy atom. The maximum atomic E-state index is 5.83. The van der Waals surface area contributed by atoms with Gasteiger partial charge in [-0.25, -0.2) is 4.98 Å². The summed E-state index contributed by atoms with van der Waals surface area (Å²) in [5.41, 5.74) is 0. The van der Waals surface area contributed by atoms with Crippen LogP contribution in [0, 0.1) is 0 Å². The summed E-state index contributed by atoms with van der Waals surface area (Å²) in [4.78, 5) is 13.7. The third kappa shape index (κ3) is 3.93. The van der Waals surface area contributed by atoms with Crippen molar-refractivity contribution in [3.8, 4) is 0 Å². The molecule has 3 heterocycles. The lowest BCUT2D eigenvalue weighted by molar-refractivity contribution is 0.202. The maximum absolute atomic E-state index is 5.83. The average molecular weight is 345 g/mol. The lowest BCUT2D eigenvalue weighted by Crippen LogP contribution is -2.34. The van der Waals surface area contributed by atoms with Gasteiger partial charge in [0.1, 0.15) is 5.76 Å². The molecule has 0 unspecified atom stereocenters. The summed E-state index contributed by atoms with van der Waals surface area (Å²) in [6.45, 7) is 7.84. The van der Waals surface area contributed by atoms with E-state index in [1.54, 1.807) is 0 Å². The molecule has 1 aliphatic carbocycles. The van der Waals surface area contributed by atoms with Crippen LogP contribution in [-0.2, 0) is 13.1 Å². The van der Waals surface area contributed by atoms with Crippen LogP contribution < -0.4 is 0 Å². The van der Waals surface area contributed by atoms with Crippen molar-refractivity contribution in [2.75, 3.05) is 20.1 Å². The Balaban J connectivity index is 1.28. The highest BCUT2D eigenvalue weighted by molar-refractivity contribution is 5.02. The van der Waals surface area contributed by atoms with Gasteiger partial charge in [0.15, 0.2) is 5.82 Å². The van der Waals surface area contributed by atoms with Gasteiger partial charge < -0.3 is 8.94 Å². The molecule has 1 saturated carbocycles. The zero-order chi connectivity index (χ0) is 17.4. The molecule has 2 aromatic heterocycles. The quantitative estimate of drug-likeness (QED) is 0.764. The molecule has 0 amide bonds. The molecule has 0 radical (unpaired) electrons. The molecule has 1 atom stereocenters. The number of oxazole rings is 1. The van der Waals surface area contributed by atoms with Gasteiger partial charge in [-0.3, -0.25) is 9.80 Å². The SMILES string of the molecule is CC(C)c1cnc(CN(C)[C@@H]2CCN(Cc3noc(C4CC4)n3)C2)o1. The van der Waals surface area contributed by atoms with E-state index in [4.69, 9.17) is 8.94 Å². The summed E-state index contributed by atoms with van der Waals surface area (Å²) in [5, 5.41) is 4.13. The zero-order valence-corrected chi connectivity index (χ0v) is 15.3. The van der Waals surface area contributed by atoms with Gasteiger partial charge in [0.05, 0.1) is 19.3 Å². The maximum Gasteiger partial charge on any atom is 0.229 e. The predicted molar refractivity (Wildman–Crippen MR) is 92.0 cm³/mol. The van der Waals surface area contributed by atoms with Gasteiger partial charge in [-0.15, -0.1) is 0 Å². The molecule has 136 valence electrons. The van der Waals surface area contributed by atoms with Crippen molar-refractivity contribution in [1.82, 2.24) is 24.9 Å². The fourth-order valence-corrected chi connectivity index (χ4v) is 3.35. The van der Waals surface area contributed by atoms with E-state index in [9.17, 15) is 0 Å². The number of nitrogens with zero attached hydrogens (tertiary/aromatic N) is 5. The molecule has 2 fully saturated rings. The van der Waals surface area contributed by atoms with Crippen LogP contribution in [0.25, 0.3) is 0 Å². The minimum atomic E-state index is 0.379. The molecule has 7 nitrogen and oxygen atoms in total. The van der Waals surface area contributed by atoms with Gasteiger partial charge in [-0.05, 0) is 26.3 Å². The molecule has 0 spiro atoms. The van der Waals surface area contributed by atoms with Crippen LogP contribution in [0.2, 0.25) is 0 Å². The van der Waals surface area contributed by atoms with Crippen molar-refractivity contribution in [1.29, 1.82) is 0 Å². The molecule has 1 saturated heterocycles. The summed E-state index contributed by atoms with van der Waals surface area (Å²) in [7, 11) is 2.15. The topological polar surface area (TPSA) is 71.4 Å². The lowest BCUT2D eigenvalue weighted by Gasteiger charge is -2.23. The van der Waals surface area contributed by atoms with Gasteiger partial charge in [-0.2, -0.15) is 4.98 Å². The number of likely N-dealkylation sites (tertiary alicyclic amines) is 1. The van der Waals surface area contributed by atoms with E-state index in [1.807, 2.05) is 6.20 Å². The number of hydrogen-bond donors (Lipinski definition) is 0. The standard InChI is InChI=1S/C18H27N5O2/c1-12(2)15-8-19-17(24-15)11-22(3)14-6-7-23(9-14)10-16-20-18(25-21-16)13-4-5-13/h8,12-14H,4-7,9-11H2,1-3H3/t14-/m1/s1. The first-order valence-electron chi connectivity index (χ1n) is 9.28. The number of rotatable bonds is 7. The minimum Gasteiger partial charge on any atom is -0.444 e.